The Hall–Kier alpha value is -1.35. The number of hydrogen-bond acceptors (Lipinski definition) is 2. The summed E-state index contributed by atoms with van der Waals surface area (Å²) in [6.45, 7) is 5.55. The third-order valence-electron chi connectivity index (χ3n) is 3.04. The Kier molecular flexibility index (Phi) is 5.16. The van der Waals surface area contributed by atoms with Crippen LogP contribution in [0.15, 0.2) is 24.3 Å². The van der Waals surface area contributed by atoms with Gasteiger partial charge in [-0.1, -0.05) is 32.4 Å². The maximum Gasteiger partial charge on any atom is 0.253 e. The normalized spacial score (nSPS) is 12.2. The maximum atomic E-state index is 12.1. The first kappa shape index (κ1) is 13.7. The van der Waals surface area contributed by atoms with E-state index in [1.54, 1.807) is 4.90 Å². The molecule has 3 heteroatoms. The van der Waals surface area contributed by atoms with Gasteiger partial charge in [0.25, 0.3) is 5.91 Å². The second-order valence-electron chi connectivity index (χ2n) is 4.60. The highest BCUT2D eigenvalue weighted by atomic mass is 16.2. The van der Waals surface area contributed by atoms with Crippen LogP contribution < -0.4 is 5.73 Å². The Morgan fingerprint density at radius 2 is 2.18 bits per heavy atom. The van der Waals surface area contributed by atoms with Gasteiger partial charge in [0.05, 0.1) is 0 Å². The number of carbonyl (C=O) groups excluding carboxylic acids is 1. The molecule has 1 atom stereocenters. The highest BCUT2D eigenvalue weighted by Gasteiger charge is 2.13. The number of rotatable bonds is 5. The van der Waals surface area contributed by atoms with Gasteiger partial charge in [-0.15, -0.1) is 0 Å². The van der Waals surface area contributed by atoms with Gasteiger partial charge < -0.3 is 10.6 Å². The molecule has 1 rings (SSSR count). The van der Waals surface area contributed by atoms with Crippen molar-refractivity contribution in [2.45, 2.75) is 26.8 Å². The van der Waals surface area contributed by atoms with Crippen molar-refractivity contribution < 1.29 is 4.79 Å². The average molecular weight is 234 g/mol. The average Bonchev–Trinajstić information content (AvgIpc) is 2.37. The predicted octanol–water partition coefficient (Wildman–Crippen LogP) is 2.26. The van der Waals surface area contributed by atoms with Crippen molar-refractivity contribution in [1.29, 1.82) is 0 Å². The van der Waals surface area contributed by atoms with Crippen molar-refractivity contribution in [3.05, 3.63) is 35.4 Å². The Bertz CT molecular complexity index is 376. The van der Waals surface area contributed by atoms with Gasteiger partial charge >= 0.3 is 0 Å². The van der Waals surface area contributed by atoms with E-state index in [4.69, 9.17) is 5.73 Å². The van der Waals surface area contributed by atoms with E-state index in [1.165, 1.54) is 0 Å². The summed E-state index contributed by atoms with van der Waals surface area (Å²) < 4.78 is 0. The minimum atomic E-state index is 0.0700. The molecule has 0 aliphatic carbocycles. The lowest BCUT2D eigenvalue weighted by molar-refractivity contribution is 0.0775. The smallest absolute Gasteiger partial charge is 0.253 e. The molecule has 0 heterocycles. The van der Waals surface area contributed by atoms with Crippen molar-refractivity contribution in [2.24, 2.45) is 11.7 Å². The fourth-order valence-corrected chi connectivity index (χ4v) is 1.73. The van der Waals surface area contributed by atoms with Gasteiger partial charge in [0, 0.05) is 25.7 Å². The van der Waals surface area contributed by atoms with E-state index < -0.39 is 0 Å². The van der Waals surface area contributed by atoms with E-state index >= 15 is 0 Å². The third-order valence-corrected chi connectivity index (χ3v) is 3.04. The first-order valence-electron chi connectivity index (χ1n) is 6.13. The molecule has 0 spiro atoms. The summed E-state index contributed by atoms with van der Waals surface area (Å²) in [7, 11) is 1.85. The molecule has 1 aromatic carbocycles. The molecule has 0 aliphatic rings. The van der Waals surface area contributed by atoms with Crippen LogP contribution in [0.1, 0.15) is 36.2 Å². The van der Waals surface area contributed by atoms with Crippen LogP contribution in [0.3, 0.4) is 0 Å². The van der Waals surface area contributed by atoms with Crippen molar-refractivity contribution in [3.63, 3.8) is 0 Å². The van der Waals surface area contributed by atoms with Crippen LogP contribution in [0.25, 0.3) is 0 Å². The summed E-state index contributed by atoms with van der Waals surface area (Å²) >= 11 is 0. The Morgan fingerprint density at radius 3 is 2.76 bits per heavy atom. The molecule has 3 nitrogen and oxygen atoms in total. The largest absolute Gasteiger partial charge is 0.341 e. The molecule has 1 amide bonds. The van der Waals surface area contributed by atoms with Crippen LogP contribution in [0, 0.1) is 5.92 Å². The Labute approximate surface area is 104 Å². The SMILES string of the molecule is CCC(C)CN(C)C(=O)c1cccc(CN)c1. The van der Waals surface area contributed by atoms with E-state index in [1.807, 2.05) is 31.3 Å². The molecule has 1 aromatic rings. The van der Waals surface area contributed by atoms with Crippen LogP contribution in [-0.4, -0.2) is 24.4 Å². The second kappa shape index (κ2) is 6.40. The summed E-state index contributed by atoms with van der Waals surface area (Å²) in [6.07, 6.45) is 1.08. The van der Waals surface area contributed by atoms with Gasteiger partial charge in [-0.05, 0) is 23.6 Å². The zero-order valence-corrected chi connectivity index (χ0v) is 10.9. The summed E-state index contributed by atoms with van der Waals surface area (Å²) in [5.41, 5.74) is 7.29. The van der Waals surface area contributed by atoms with Crippen LogP contribution in [0.5, 0.6) is 0 Å². The van der Waals surface area contributed by atoms with E-state index in [2.05, 4.69) is 13.8 Å². The number of benzene rings is 1. The monoisotopic (exact) mass is 234 g/mol. The third kappa shape index (κ3) is 3.86. The lowest BCUT2D eigenvalue weighted by Gasteiger charge is -2.21. The Balaban J connectivity index is 2.74. The zero-order chi connectivity index (χ0) is 12.8. The van der Waals surface area contributed by atoms with Gasteiger partial charge in [-0.2, -0.15) is 0 Å². The fourth-order valence-electron chi connectivity index (χ4n) is 1.73. The number of nitrogens with zero attached hydrogens (tertiary/aromatic N) is 1. The number of nitrogens with two attached hydrogens (primary N) is 1. The molecular formula is C14H22N2O. The molecule has 0 saturated carbocycles. The topological polar surface area (TPSA) is 46.3 Å². The minimum absolute atomic E-state index is 0.0700. The van der Waals surface area contributed by atoms with Crippen molar-refractivity contribution >= 4 is 5.91 Å². The van der Waals surface area contributed by atoms with Crippen molar-refractivity contribution in [2.75, 3.05) is 13.6 Å². The zero-order valence-electron chi connectivity index (χ0n) is 10.9. The molecule has 0 saturated heterocycles. The Morgan fingerprint density at radius 1 is 1.47 bits per heavy atom. The van der Waals surface area contributed by atoms with Gasteiger partial charge in [-0.3, -0.25) is 4.79 Å². The quantitative estimate of drug-likeness (QED) is 0.849. The number of amides is 1. The molecular weight excluding hydrogens is 212 g/mol. The molecule has 94 valence electrons. The van der Waals surface area contributed by atoms with Crippen LogP contribution in [-0.2, 0) is 6.54 Å². The summed E-state index contributed by atoms with van der Waals surface area (Å²) in [4.78, 5) is 13.9. The predicted molar refractivity (Wildman–Crippen MR) is 70.7 cm³/mol. The lowest BCUT2D eigenvalue weighted by atomic mass is 10.1. The molecule has 0 fully saturated rings. The molecule has 1 unspecified atom stereocenters. The molecule has 0 aliphatic heterocycles. The van der Waals surface area contributed by atoms with E-state index in [9.17, 15) is 4.79 Å². The minimum Gasteiger partial charge on any atom is -0.341 e. The van der Waals surface area contributed by atoms with Gasteiger partial charge in [0.15, 0.2) is 0 Å². The second-order valence-corrected chi connectivity index (χ2v) is 4.60. The van der Waals surface area contributed by atoms with Crippen LogP contribution in [0.4, 0.5) is 0 Å². The van der Waals surface area contributed by atoms with Crippen molar-refractivity contribution in [3.8, 4) is 0 Å². The summed E-state index contributed by atoms with van der Waals surface area (Å²) in [6, 6.07) is 7.53. The van der Waals surface area contributed by atoms with E-state index in [0.717, 1.165) is 24.1 Å². The summed E-state index contributed by atoms with van der Waals surface area (Å²) in [5, 5.41) is 0. The fraction of sp³-hybridized carbons (Fsp3) is 0.500. The number of carbonyl (C=O) groups is 1. The number of hydrogen-bond donors (Lipinski definition) is 1. The van der Waals surface area contributed by atoms with Gasteiger partial charge in [0.2, 0.25) is 0 Å². The standard InChI is InChI=1S/C14H22N2O/c1-4-11(2)10-16(3)14(17)13-7-5-6-12(8-13)9-15/h5-8,11H,4,9-10,15H2,1-3H3. The van der Waals surface area contributed by atoms with Gasteiger partial charge in [0.1, 0.15) is 0 Å². The molecule has 0 aromatic heterocycles. The summed E-state index contributed by atoms with van der Waals surface area (Å²) in [5.74, 6) is 0.599. The van der Waals surface area contributed by atoms with Crippen LogP contribution in [0.2, 0.25) is 0 Å². The molecule has 2 N–H and O–H groups in total. The van der Waals surface area contributed by atoms with Crippen molar-refractivity contribution in [1.82, 2.24) is 4.90 Å². The van der Waals surface area contributed by atoms with Gasteiger partial charge in [-0.25, -0.2) is 0 Å². The first-order valence-corrected chi connectivity index (χ1v) is 6.13. The maximum absolute atomic E-state index is 12.1. The first-order chi connectivity index (χ1) is 8.08. The molecule has 0 radical (unpaired) electrons. The lowest BCUT2D eigenvalue weighted by Crippen LogP contribution is -2.30. The highest BCUT2D eigenvalue weighted by molar-refractivity contribution is 5.94. The highest BCUT2D eigenvalue weighted by Crippen LogP contribution is 2.10. The van der Waals surface area contributed by atoms with E-state index in [-0.39, 0.29) is 5.91 Å². The van der Waals surface area contributed by atoms with Crippen LogP contribution >= 0.6 is 0 Å². The van der Waals surface area contributed by atoms with E-state index in [0.29, 0.717) is 12.5 Å². The molecule has 0 bridgehead atoms. The molecule has 17 heavy (non-hydrogen) atoms.